The van der Waals surface area contributed by atoms with Crippen LogP contribution in [-0.2, 0) is 16.1 Å². The highest BCUT2D eigenvalue weighted by Gasteiger charge is 2.35. The van der Waals surface area contributed by atoms with Crippen molar-refractivity contribution in [1.29, 1.82) is 0 Å². The molecule has 0 bridgehead atoms. The second kappa shape index (κ2) is 4.96. The van der Waals surface area contributed by atoms with Crippen molar-refractivity contribution in [2.45, 2.75) is 19.0 Å². The number of likely N-dealkylation sites (tertiary alicyclic amines) is 1. The molecule has 1 aromatic rings. The second-order valence-corrected chi connectivity index (χ2v) is 4.64. The van der Waals surface area contributed by atoms with Gasteiger partial charge in [-0.3, -0.25) is 14.5 Å². The minimum Gasteiger partial charge on any atom is -0.508 e. The molecule has 1 heterocycles. The summed E-state index contributed by atoms with van der Waals surface area (Å²) in [7, 11) is 1.46. The Morgan fingerprint density at radius 3 is 2.83 bits per heavy atom. The predicted octanol–water partition coefficient (Wildman–Crippen LogP) is 0.892. The molecule has 1 atom stereocenters. The molecule has 1 aromatic carbocycles. The number of hydrogen-bond acceptors (Lipinski definition) is 4. The van der Waals surface area contributed by atoms with E-state index in [4.69, 9.17) is 11.6 Å². The Labute approximate surface area is 109 Å². The van der Waals surface area contributed by atoms with Gasteiger partial charge in [-0.2, -0.15) is 0 Å². The van der Waals surface area contributed by atoms with Crippen molar-refractivity contribution in [3.8, 4) is 5.75 Å². The topological polar surface area (TPSA) is 69.6 Å². The molecule has 2 rings (SSSR count). The SMILES string of the molecule is CN1C(=O)CC(NCc2cc(Cl)ccc2O)C1=O. The van der Waals surface area contributed by atoms with Gasteiger partial charge in [0.1, 0.15) is 5.75 Å². The number of phenols is 1. The van der Waals surface area contributed by atoms with Crippen LogP contribution in [0.4, 0.5) is 0 Å². The maximum Gasteiger partial charge on any atom is 0.246 e. The van der Waals surface area contributed by atoms with Crippen LogP contribution in [0.15, 0.2) is 18.2 Å². The van der Waals surface area contributed by atoms with Gasteiger partial charge in [-0.15, -0.1) is 0 Å². The molecule has 2 amide bonds. The number of nitrogens with zero attached hydrogens (tertiary/aromatic N) is 1. The lowest BCUT2D eigenvalue weighted by molar-refractivity contribution is -0.137. The molecule has 6 heteroatoms. The van der Waals surface area contributed by atoms with E-state index in [9.17, 15) is 14.7 Å². The third-order valence-electron chi connectivity index (χ3n) is 2.96. The van der Waals surface area contributed by atoms with Crippen molar-refractivity contribution in [2.75, 3.05) is 7.05 Å². The summed E-state index contributed by atoms with van der Waals surface area (Å²) in [4.78, 5) is 24.1. The highest BCUT2D eigenvalue weighted by atomic mass is 35.5. The third kappa shape index (κ3) is 2.47. The number of aromatic hydroxyl groups is 1. The molecule has 1 aliphatic heterocycles. The van der Waals surface area contributed by atoms with Gasteiger partial charge in [0.15, 0.2) is 0 Å². The summed E-state index contributed by atoms with van der Waals surface area (Å²) in [5, 5.41) is 13.1. The molecular formula is C12H13ClN2O3. The molecule has 0 spiro atoms. The Bertz CT molecular complexity index is 504. The van der Waals surface area contributed by atoms with Crippen molar-refractivity contribution in [1.82, 2.24) is 10.2 Å². The molecule has 0 radical (unpaired) electrons. The molecule has 1 fully saturated rings. The average Bonchev–Trinajstić information content (AvgIpc) is 2.58. The number of rotatable bonds is 3. The lowest BCUT2D eigenvalue weighted by atomic mass is 10.1. The Hall–Kier alpha value is -1.59. The molecular weight excluding hydrogens is 256 g/mol. The molecule has 96 valence electrons. The maximum atomic E-state index is 11.6. The number of likely N-dealkylation sites (N-methyl/N-ethyl adjacent to an activating group) is 1. The van der Waals surface area contributed by atoms with Gasteiger partial charge in [0.2, 0.25) is 11.8 Å². The number of halogens is 1. The van der Waals surface area contributed by atoms with E-state index in [0.717, 1.165) is 4.90 Å². The summed E-state index contributed by atoms with van der Waals surface area (Å²) in [5.41, 5.74) is 0.595. The fraction of sp³-hybridized carbons (Fsp3) is 0.333. The van der Waals surface area contributed by atoms with Crippen molar-refractivity contribution < 1.29 is 14.7 Å². The number of hydrogen-bond donors (Lipinski definition) is 2. The zero-order valence-corrected chi connectivity index (χ0v) is 10.6. The van der Waals surface area contributed by atoms with E-state index < -0.39 is 6.04 Å². The number of benzene rings is 1. The van der Waals surface area contributed by atoms with Gasteiger partial charge in [-0.25, -0.2) is 0 Å². The van der Waals surface area contributed by atoms with Gasteiger partial charge in [-0.05, 0) is 18.2 Å². The summed E-state index contributed by atoms with van der Waals surface area (Å²) < 4.78 is 0. The number of carbonyl (C=O) groups excluding carboxylic acids is 2. The summed E-state index contributed by atoms with van der Waals surface area (Å²) in [5.74, 6) is -0.341. The molecule has 0 aromatic heterocycles. The monoisotopic (exact) mass is 268 g/mol. The van der Waals surface area contributed by atoms with E-state index in [0.29, 0.717) is 10.6 Å². The third-order valence-corrected chi connectivity index (χ3v) is 3.20. The maximum absolute atomic E-state index is 11.6. The number of imide groups is 1. The first-order valence-corrected chi connectivity index (χ1v) is 5.88. The standard InChI is InChI=1S/C12H13ClN2O3/c1-15-11(17)5-9(12(15)18)14-6-7-4-8(13)2-3-10(7)16/h2-4,9,14,16H,5-6H2,1H3. The Morgan fingerprint density at radius 2 is 2.22 bits per heavy atom. The van der Waals surface area contributed by atoms with Crippen LogP contribution in [0.2, 0.25) is 5.02 Å². The van der Waals surface area contributed by atoms with Crippen molar-refractivity contribution in [3.63, 3.8) is 0 Å². The highest BCUT2D eigenvalue weighted by molar-refractivity contribution is 6.30. The van der Waals surface area contributed by atoms with Gasteiger partial charge >= 0.3 is 0 Å². The van der Waals surface area contributed by atoms with Crippen LogP contribution in [0.5, 0.6) is 5.75 Å². The zero-order chi connectivity index (χ0) is 13.3. The average molecular weight is 269 g/mol. The van der Waals surface area contributed by atoms with Gasteiger partial charge in [0.05, 0.1) is 12.5 Å². The van der Waals surface area contributed by atoms with Gasteiger partial charge in [0, 0.05) is 24.2 Å². The van der Waals surface area contributed by atoms with Crippen LogP contribution < -0.4 is 5.32 Å². The number of carbonyl (C=O) groups is 2. The van der Waals surface area contributed by atoms with E-state index in [1.54, 1.807) is 12.1 Å². The summed E-state index contributed by atoms with van der Waals surface area (Å²) in [6.07, 6.45) is 0.149. The predicted molar refractivity (Wildman–Crippen MR) is 66.1 cm³/mol. The van der Waals surface area contributed by atoms with Crippen LogP contribution in [0.25, 0.3) is 0 Å². The smallest absolute Gasteiger partial charge is 0.246 e. The zero-order valence-electron chi connectivity index (χ0n) is 9.81. The van der Waals surface area contributed by atoms with Gasteiger partial charge in [-0.1, -0.05) is 11.6 Å². The van der Waals surface area contributed by atoms with Crippen molar-refractivity contribution >= 4 is 23.4 Å². The number of phenolic OH excluding ortho intramolecular Hbond substituents is 1. The van der Waals surface area contributed by atoms with E-state index in [2.05, 4.69) is 5.32 Å². The number of nitrogens with one attached hydrogen (secondary N) is 1. The minimum absolute atomic E-state index is 0.108. The molecule has 1 aliphatic rings. The summed E-state index contributed by atoms with van der Waals surface area (Å²) in [6.45, 7) is 0.282. The second-order valence-electron chi connectivity index (χ2n) is 4.20. The van der Waals surface area contributed by atoms with E-state index in [1.165, 1.54) is 13.1 Å². The lowest BCUT2D eigenvalue weighted by Crippen LogP contribution is -2.36. The Balaban J connectivity index is 2.02. The number of amides is 2. The molecule has 0 saturated carbocycles. The quantitative estimate of drug-likeness (QED) is 0.799. The van der Waals surface area contributed by atoms with Gasteiger partial charge in [0.25, 0.3) is 0 Å². The van der Waals surface area contributed by atoms with Crippen LogP contribution in [0.1, 0.15) is 12.0 Å². The van der Waals surface area contributed by atoms with Crippen LogP contribution >= 0.6 is 11.6 Å². The Morgan fingerprint density at radius 1 is 1.50 bits per heavy atom. The minimum atomic E-state index is -0.527. The van der Waals surface area contributed by atoms with Crippen LogP contribution in [-0.4, -0.2) is 34.9 Å². The largest absolute Gasteiger partial charge is 0.508 e. The van der Waals surface area contributed by atoms with Crippen molar-refractivity contribution in [3.05, 3.63) is 28.8 Å². The highest BCUT2D eigenvalue weighted by Crippen LogP contribution is 2.22. The molecule has 1 saturated heterocycles. The first-order valence-electron chi connectivity index (χ1n) is 5.50. The Kier molecular flexibility index (Phi) is 3.54. The molecule has 5 nitrogen and oxygen atoms in total. The van der Waals surface area contributed by atoms with Crippen LogP contribution in [0, 0.1) is 0 Å². The lowest BCUT2D eigenvalue weighted by Gasteiger charge is -2.12. The first-order chi connectivity index (χ1) is 8.49. The summed E-state index contributed by atoms with van der Waals surface area (Å²) in [6, 6.07) is 4.17. The normalized spacial score (nSPS) is 19.7. The molecule has 0 aliphatic carbocycles. The fourth-order valence-electron chi connectivity index (χ4n) is 1.84. The molecule has 1 unspecified atom stereocenters. The summed E-state index contributed by atoms with van der Waals surface area (Å²) >= 11 is 5.82. The van der Waals surface area contributed by atoms with E-state index in [-0.39, 0.29) is 30.5 Å². The molecule has 18 heavy (non-hydrogen) atoms. The van der Waals surface area contributed by atoms with E-state index in [1.807, 2.05) is 0 Å². The molecule has 2 N–H and O–H groups in total. The van der Waals surface area contributed by atoms with Crippen molar-refractivity contribution in [2.24, 2.45) is 0 Å². The fourth-order valence-corrected chi connectivity index (χ4v) is 2.04. The van der Waals surface area contributed by atoms with Gasteiger partial charge < -0.3 is 10.4 Å². The van der Waals surface area contributed by atoms with E-state index >= 15 is 0 Å². The van der Waals surface area contributed by atoms with Crippen LogP contribution in [0.3, 0.4) is 0 Å². The first kappa shape index (κ1) is 12.9.